The first-order chi connectivity index (χ1) is 9.78. The number of benzene rings is 2. The summed E-state index contributed by atoms with van der Waals surface area (Å²) in [5.74, 6) is -0.0555. The zero-order valence-corrected chi connectivity index (χ0v) is 11.2. The van der Waals surface area contributed by atoms with Crippen molar-refractivity contribution in [3.05, 3.63) is 65.7 Å². The number of nitrogens with one attached hydrogen (secondary N) is 2. The highest BCUT2D eigenvalue weighted by atomic mass is 16.3. The largest absolute Gasteiger partial charge is 0.392 e. The van der Waals surface area contributed by atoms with Gasteiger partial charge in [0.2, 0.25) is 5.91 Å². The fraction of sp³-hybridized carbons (Fsp3) is 0.188. The molecule has 0 radical (unpaired) electrons. The number of carbonyl (C=O) groups excluding carboxylic acids is 1. The lowest BCUT2D eigenvalue weighted by molar-refractivity contribution is -0.119. The maximum absolute atomic E-state index is 11.7. The molecule has 0 saturated heterocycles. The molecule has 1 amide bonds. The minimum Gasteiger partial charge on any atom is -0.392 e. The van der Waals surface area contributed by atoms with Gasteiger partial charge in [-0.05, 0) is 23.3 Å². The molecule has 0 aliphatic rings. The van der Waals surface area contributed by atoms with E-state index < -0.39 is 0 Å². The highest BCUT2D eigenvalue weighted by molar-refractivity contribution is 5.80. The van der Waals surface area contributed by atoms with Gasteiger partial charge in [0.25, 0.3) is 0 Å². The van der Waals surface area contributed by atoms with Crippen molar-refractivity contribution in [2.45, 2.75) is 13.2 Å². The zero-order chi connectivity index (χ0) is 14.2. The van der Waals surface area contributed by atoms with E-state index in [1.807, 2.05) is 54.6 Å². The maximum Gasteiger partial charge on any atom is 0.239 e. The third-order valence-electron chi connectivity index (χ3n) is 2.92. The number of hydrogen-bond donors (Lipinski definition) is 3. The molecule has 0 aliphatic carbocycles. The number of rotatable bonds is 6. The van der Waals surface area contributed by atoms with Gasteiger partial charge >= 0.3 is 0 Å². The average Bonchev–Trinajstić information content (AvgIpc) is 2.52. The van der Waals surface area contributed by atoms with Crippen LogP contribution in [0.3, 0.4) is 0 Å². The number of hydrogen-bond acceptors (Lipinski definition) is 3. The van der Waals surface area contributed by atoms with Crippen molar-refractivity contribution in [1.29, 1.82) is 0 Å². The summed E-state index contributed by atoms with van der Waals surface area (Å²) in [5.41, 5.74) is 2.80. The summed E-state index contributed by atoms with van der Waals surface area (Å²) < 4.78 is 0. The molecule has 0 aliphatic heterocycles. The van der Waals surface area contributed by atoms with Gasteiger partial charge in [-0.2, -0.15) is 0 Å². The Balaban J connectivity index is 1.74. The van der Waals surface area contributed by atoms with Crippen LogP contribution in [0.2, 0.25) is 0 Å². The van der Waals surface area contributed by atoms with Crippen LogP contribution < -0.4 is 10.6 Å². The van der Waals surface area contributed by atoms with Gasteiger partial charge in [-0.3, -0.25) is 4.79 Å². The number of aliphatic hydroxyl groups excluding tert-OH is 1. The van der Waals surface area contributed by atoms with Crippen LogP contribution in [0.25, 0.3) is 0 Å². The molecule has 4 nitrogen and oxygen atoms in total. The SMILES string of the molecule is O=C(CNc1ccccc1)NCc1ccc(CO)cc1. The first-order valence-corrected chi connectivity index (χ1v) is 6.52. The fourth-order valence-corrected chi connectivity index (χ4v) is 1.76. The van der Waals surface area contributed by atoms with Crippen LogP contribution in [0.1, 0.15) is 11.1 Å². The highest BCUT2D eigenvalue weighted by Gasteiger charge is 2.01. The van der Waals surface area contributed by atoms with E-state index in [0.717, 1.165) is 16.8 Å². The Morgan fingerprint density at radius 1 is 0.950 bits per heavy atom. The van der Waals surface area contributed by atoms with Crippen LogP contribution in [0.4, 0.5) is 5.69 Å². The molecule has 3 N–H and O–H groups in total. The molecule has 0 fully saturated rings. The Morgan fingerprint density at radius 2 is 1.60 bits per heavy atom. The molecular weight excluding hydrogens is 252 g/mol. The number of para-hydroxylation sites is 1. The van der Waals surface area contributed by atoms with Gasteiger partial charge in [-0.1, -0.05) is 42.5 Å². The Kier molecular flexibility index (Phi) is 5.15. The van der Waals surface area contributed by atoms with E-state index in [-0.39, 0.29) is 19.1 Å². The van der Waals surface area contributed by atoms with Gasteiger partial charge in [0, 0.05) is 12.2 Å². The molecule has 0 heterocycles. The second-order valence-electron chi connectivity index (χ2n) is 4.47. The molecule has 0 bridgehead atoms. The van der Waals surface area contributed by atoms with Crippen LogP contribution >= 0.6 is 0 Å². The highest BCUT2D eigenvalue weighted by Crippen LogP contribution is 2.05. The van der Waals surface area contributed by atoms with E-state index in [1.165, 1.54) is 0 Å². The summed E-state index contributed by atoms with van der Waals surface area (Å²) in [6.45, 7) is 0.771. The molecule has 0 unspecified atom stereocenters. The van der Waals surface area contributed by atoms with E-state index in [2.05, 4.69) is 10.6 Å². The van der Waals surface area contributed by atoms with Crippen molar-refractivity contribution in [3.63, 3.8) is 0 Å². The monoisotopic (exact) mass is 270 g/mol. The first-order valence-electron chi connectivity index (χ1n) is 6.52. The molecule has 2 rings (SSSR count). The molecular formula is C16H18N2O2. The Hall–Kier alpha value is -2.33. The van der Waals surface area contributed by atoms with Gasteiger partial charge in [0.1, 0.15) is 0 Å². The van der Waals surface area contributed by atoms with Crippen LogP contribution in [-0.2, 0) is 17.9 Å². The summed E-state index contributed by atoms with van der Waals surface area (Å²) in [7, 11) is 0. The molecule has 0 aromatic heterocycles. The third kappa shape index (κ3) is 4.40. The van der Waals surface area contributed by atoms with Crippen molar-refractivity contribution in [2.75, 3.05) is 11.9 Å². The van der Waals surface area contributed by atoms with Crippen LogP contribution in [0, 0.1) is 0 Å². The van der Waals surface area contributed by atoms with Crippen LogP contribution in [-0.4, -0.2) is 17.6 Å². The summed E-state index contributed by atoms with van der Waals surface area (Å²) in [4.78, 5) is 11.7. The number of anilines is 1. The Labute approximate surface area is 118 Å². The van der Waals surface area contributed by atoms with Crippen molar-refractivity contribution in [1.82, 2.24) is 5.32 Å². The lowest BCUT2D eigenvalue weighted by Crippen LogP contribution is -2.29. The molecule has 2 aromatic rings. The topological polar surface area (TPSA) is 61.4 Å². The summed E-state index contributed by atoms with van der Waals surface area (Å²) in [6.07, 6.45) is 0. The van der Waals surface area contributed by atoms with E-state index in [0.29, 0.717) is 6.54 Å². The average molecular weight is 270 g/mol. The lowest BCUT2D eigenvalue weighted by atomic mass is 10.1. The maximum atomic E-state index is 11.7. The predicted molar refractivity (Wildman–Crippen MR) is 79.1 cm³/mol. The van der Waals surface area contributed by atoms with E-state index in [4.69, 9.17) is 5.11 Å². The summed E-state index contributed by atoms with van der Waals surface area (Å²) in [6, 6.07) is 17.1. The normalized spacial score (nSPS) is 10.1. The van der Waals surface area contributed by atoms with Crippen molar-refractivity contribution < 1.29 is 9.90 Å². The van der Waals surface area contributed by atoms with Crippen molar-refractivity contribution in [2.24, 2.45) is 0 Å². The molecule has 0 atom stereocenters. The molecule has 0 spiro atoms. The number of amides is 1. The van der Waals surface area contributed by atoms with E-state index in [1.54, 1.807) is 0 Å². The van der Waals surface area contributed by atoms with Gasteiger partial charge in [0.15, 0.2) is 0 Å². The second-order valence-corrected chi connectivity index (χ2v) is 4.47. The minimum absolute atomic E-state index is 0.0354. The van der Waals surface area contributed by atoms with Crippen molar-refractivity contribution >= 4 is 11.6 Å². The fourth-order valence-electron chi connectivity index (χ4n) is 1.76. The van der Waals surface area contributed by atoms with E-state index in [9.17, 15) is 4.79 Å². The minimum atomic E-state index is -0.0555. The molecule has 20 heavy (non-hydrogen) atoms. The molecule has 104 valence electrons. The third-order valence-corrected chi connectivity index (χ3v) is 2.92. The van der Waals surface area contributed by atoms with Crippen molar-refractivity contribution in [3.8, 4) is 0 Å². The first kappa shape index (κ1) is 14.1. The molecule has 4 heteroatoms. The Morgan fingerprint density at radius 3 is 2.25 bits per heavy atom. The van der Waals surface area contributed by atoms with Gasteiger partial charge in [0.05, 0.1) is 13.2 Å². The van der Waals surface area contributed by atoms with Gasteiger partial charge < -0.3 is 15.7 Å². The van der Waals surface area contributed by atoms with Gasteiger partial charge in [-0.15, -0.1) is 0 Å². The molecule has 0 saturated carbocycles. The predicted octanol–water partition coefficient (Wildman–Crippen LogP) is 1.91. The summed E-state index contributed by atoms with van der Waals surface area (Å²) >= 11 is 0. The van der Waals surface area contributed by atoms with E-state index >= 15 is 0 Å². The standard InChI is InChI=1S/C16H18N2O2/c19-12-14-8-6-13(7-9-14)10-18-16(20)11-17-15-4-2-1-3-5-15/h1-9,17,19H,10-12H2,(H,18,20). The van der Waals surface area contributed by atoms with Gasteiger partial charge in [-0.25, -0.2) is 0 Å². The number of carbonyl (C=O) groups is 1. The molecule has 2 aromatic carbocycles. The van der Waals surface area contributed by atoms with Crippen LogP contribution in [0.15, 0.2) is 54.6 Å². The lowest BCUT2D eigenvalue weighted by Gasteiger charge is -2.08. The zero-order valence-electron chi connectivity index (χ0n) is 11.2. The quantitative estimate of drug-likeness (QED) is 0.751. The smallest absolute Gasteiger partial charge is 0.239 e. The Bertz CT molecular complexity index is 538. The summed E-state index contributed by atoms with van der Waals surface area (Å²) in [5, 5.41) is 14.8. The second kappa shape index (κ2) is 7.31. The van der Waals surface area contributed by atoms with Crippen LogP contribution in [0.5, 0.6) is 0 Å². The number of aliphatic hydroxyl groups is 1.